The van der Waals surface area contributed by atoms with Crippen LogP contribution in [0.15, 0.2) is 54.7 Å². The predicted octanol–water partition coefficient (Wildman–Crippen LogP) is 4.25. The van der Waals surface area contributed by atoms with Crippen molar-refractivity contribution in [2.75, 3.05) is 0 Å². The van der Waals surface area contributed by atoms with Crippen molar-refractivity contribution in [3.63, 3.8) is 0 Å². The first kappa shape index (κ1) is 13.3. The second kappa shape index (κ2) is 6.14. The highest BCUT2D eigenvalue weighted by Crippen LogP contribution is 2.14. The van der Waals surface area contributed by atoms with Crippen LogP contribution in [0.5, 0.6) is 0 Å². The van der Waals surface area contributed by atoms with Crippen LogP contribution in [-0.4, -0.2) is 9.78 Å². The largest absolute Gasteiger partial charge is 0.260 e. The highest BCUT2D eigenvalue weighted by Gasteiger charge is 2.02. The molecule has 0 aliphatic rings. The Hall–Kier alpha value is -2.16. The molecule has 0 unspecified atom stereocenters. The van der Waals surface area contributed by atoms with E-state index >= 15 is 0 Å². The number of para-hydroxylation sites is 1. The van der Waals surface area contributed by atoms with Gasteiger partial charge in [-0.1, -0.05) is 44.2 Å². The summed E-state index contributed by atoms with van der Waals surface area (Å²) in [5, 5.41) is 5.42. The lowest BCUT2D eigenvalue weighted by Crippen LogP contribution is -2.01. The van der Waals surface area contributed by atoms with E-state index in [-0.39, 0.29) is 5.82 Å². The number of nitrogens with zero attached hydrogens (tertiary/aromatic N) is 2. The summed E-state index contributed by atoms with van der Waals surface area (Å²) in [4.78, 5) is 0. The van der Waals surface area contributed by atoms with Crippen molar-refractivity contribution in [3.8, 4) is 0 Å². The van der Waals surface area contributed by atoms with Crippen LogP contribution in [-0.2, 0) is 6.54 Å². The summed E-state index contributed by atoms with van der Waals surface area (Å²) in [6, 6.07) is 14.6. The normalized spacial score (nSPS) is 10.1. The topological polar surface area (TPSA) is 17.8 Å². The summed E-state index contributed by atoms with van der Waals surface area (Å²) in [6.07, 6.45) is 1.83. The Morgan fingerprint density at radius 3 is 2.63 bits per heavy atom. The molecule has 3 heteroatoms. The van der Waals surface area contributed by atoms with Gasteiger partial charge in [0, 0.05) is 5.39 Å². The lowest BCUT2D eigenvalue weighted by Gasteiger charge is -2.03. The fourth-order valence-corrected chi connectivity index (χ4v) is 1.96. The number of hydrogen-bond acceptors (Lipinski definition) is 1. The summed E-state index contributed by atoms with van der Waals surface area (Å²) in [5.74, 6) is -0.209. The third-order valence-corrected chi connectivity index (χ3v) is 2.77. The van der Waals surface area contributed by atoms with Crippen molar-refractivity contribution in [2.45, 2.75) is 20.4 Å². The van der Waals surface area contributed by atoms with Crippen LogP contribution in [0.4, 0.5) is 4.39 Å². The van der Waals surface area contributed by atoms with E-state index in [9.17, 15) is 4.39 Å². The Balaban J connectivity index is 0.000000637. The summed E-state index contributed by atoms with van der Waals surface area (Å²) in [5.41, 5.74) is 1.98. The van der Waals surface area contributed by atoms with E-state index in [2.05, 4.69) is 5.10 Å². The molecule has 3 aromatic rings. The molecule has 0 saturated heterocycles. The van der Waals surface area contributed by atoms with Crippen molar-refractivity contribution in [2.24, 2.45) is 0 Å². The second-order valence-corrected chi connectivity index (χ2v) is 3.99. The van der Waals surface area contributed by atoms with E-state index in [0.717, 1.165) is 16.5 Å². The lowest BCUT2D eigenvalue weighted by molar-refractivity contribution is 0.621. The minimum Gasteiger partial charge on any atom is -0.260 e. The number of halogens is 1. The molecule has 2 aromatic carbocycles. The molecule has 0 atom stereocenters. The van der Waals surface area contributed by atoms with E-state index in [1.165, 1.54) is 12.1 Å². The molecule has 0 bridgehead atoms. The quantitative estimate of drug-likeness (QED) is 0.670. The zero-order valence-corrected chi connectivity index (χ0v) is 11.2. The molecule has 2 nitrogen and oxygen atoms in total. The number of hydrogen-bond donors (Lipinski definition) is 0. The monoisotopic (exact) mass is 256 g/mol. The van der Waals surface area contributed by atoms with E-state index in [0.29, 0.717) is 6.54 Å². The van der Waals surface area contributed by atoms with Gasteiger partial charge >= 0.3 is 0 Å². The van der Waals surface area contributed by atoms with Crippen molar-refractivity contribution in [3.05, 3.63) is 66.1 Å². The van der Waals surface area contributed by atoms with Gasteiger partial charge in [0.05, 0.1) is 18.3 Å². The van der Waals surface area contributed by atoms with Crippen LogP contribution in [0, 0.1) is 5.82 Å². The van der Waals surface area contributed by atoms with Gasteiger partial charge in [0.2, 0.25) is 0 Å². The molecule has 0 N–H and O–H groups in total. The zero-order valence-electron chi connectivity index (χ0n) is 11.2. The number of benzene rings is 2. The molecule has 0 amide bonds. The van der Waals surface area contributed by atoms with Crippen LogP contribution in [0.3, 0.4) is 0 Å². The molecule has 0 fully saturated rings. The molecule has 0 spiro atoms. The maximum atomic E-state index is 13.1. The van der Waals surface area contributed by atoms with Crippen LogP contribution in [0.2, 0.25) is 0 Å². The van der Waals surface area contributed by atoms with E-state index in [1.807, 2.05) is 55.1 Å². The number of rotatable bonds is 2. The zero-order chi connectivity index (χ0) is 13.7. The van der Waals surface area contributed by atoms with Crippen LogP contribution in [0.1, 0.15) is 19.4 Å². The average Bonchev–Trinajstić information content (AvgIpc) is 2.85. The SMILES string of the molecule is CC.Fc1cccc(Cn2ncc3ccccc32)c1. The highest BCUT2D eigenvalue weighted by molar-refractivity contribution is 5.78. The molecule has 0 saturated carbocycles. The van der Waals surface area contributed by atoms with Gasteiger partial charge in [-0.05, 0) is 23.8 Å². The second-order valence-electron chi connectivity index (χ2n) is 3.99. The van der Waals surface area contributed by atoms with Gasteiger partial charge in [-0.2, -0.15) is 5.10 Å². The van der Waals surface area contributed by atoms with E-state index in [4.69, 9.17) is 0 Å². The van der Waals surface area contributed by atoms with Gasteiger partial charge in [0.25, 0.3) is 0 Å². The predicted molar refractivity (Wildman–Crippen MR) is 76.6 cm³/mol. The first-order valence-electron chi connectivity index (χ1n) is 6.48. The van der Waals surface area contributed by atoms with E-state index < -0.39 is 0 Å². The minimum atomic E-state index is -0.209. The molecular weight excluding hydrogens is 239 g/mol. The van der Waals surface area contributed by atoms with Crippen molar-refractivity contribution >= 4 is 10.9 Å². The maximum Gasteiger partial charge on any atom is 0.123 e. The highest BCUT2D eigenvalue weighted by atomic mass is 19.1. The fourth-order valence-electron chi connectivity index (χ4n) is 1.96. The van der Waals surface area contributed by atoms with Gasteiger partial charge < -0.3 is 0 Å². The lowest BCUT2D eigenvalue weighted by atomic mass is 10.2. The first-order valence-corrected chi connectivity index (χ1v) is 6.48. The van der Waals surface area contributed by atoms with Crippen molar-refractivity contribution < 1.29 is 4.39 Å². The number of aromatic nitrogens is 2. The Bertz CT molecular complexity index is 658. The molecule has 1 aromatic heterocycles. The third kappa shape index (κ3) is 2.99. The smallest absolute Gasteiger partial charge is 0.123 e. The first-order chi connectivity index (χ1) is 9.33. The van der Waals surface area contributed by atoms with Crippen molar-refractivity contribution in [1.82, 2.24) is 9.78 Å². The van der Waals surface area contributed by atoms with Crippen LogP contribution < -0.4 is 0 Å². The van der Waals surface area contributed by atoms with Gasteiger partial charge in [-0.15, -0.1) is 0 Å². The Labute approximate surface area is 112 Å². The summed E-state index contributed by atoms with van der Waals surface area (Å²) < 4.78 is 15.0. The molecule has 0 aliphatic carbocycles. The Morgan fingerprint density at radius 2 is 1.84 bits per heavy atom. The molecule has 0 radical (unpaired) electrons. The Kier molecular flexibility index (Phi) is 4.29. The van der Waals surface area contributed by atoms with E-state index in [1.54, 1.807) is 6.07 Å². The molecule has 19 heavy (non-hydrogen) atoms. The van der Waals surface area contributed by atoms with Crippen LogP contribution >= 0.6 is 0 Å². The third-order valence-electron chi connectivity index (χ3n) is 2.77. The van der Waals surface area contributed by atoms with Gasteiger partial charge in [-0.25, -0.2) is 4.39 Å². The molecule has 3 rings (SSSR count). The summed E-state index contributed by atoms with van der Waals surface area (Å²) in [6.45, 7) is 4.59. The Morgan fingerprint density at radius 1 is 1.05 bits per heavy atom. The van der Waals surface area contributed by atoms with Gasteiger partial charge in [0.15, 0.2) is 0 Å². The molecule has 1 heterocycles. The number of fused-ring (bicyclic) bond motifs is 1. The summed E-state index contributed by atoms with van der Waals surface area (Å²) >= 11 is 0. The standard InChI is InChI=1S/C14H11FN2.C2H6/c15-13-6-3-4-11(8-13)10-17-14-7-2-1-5-12(14)9-16-17;1-2/h1-9H,10H2;1-2H3. The maximum absolute atomic E-state index is 13.1. The molecule has 0 aliphatic heterocycles. The minimum absolute atomic E-state index is 0.209. The molecular formula is C16H17FN2. The molecule has 98 valence electrons. The summed E-state index contributed by atoms with van der Waals surface area (Å²) in [7, 11) is 0. The average molecular weight is 256 g/mol. The van der Waals surface area contributed by atoms with Gasteiger partial charge in [-0.3, -0.25) is 4.68 Å². The van der Waals surface area contributed by atoms with Crippen LogP contribution in [0.25, 0.3) is 10.9 Å². The van der Waals surface area contributed by atoms with Gasteiger partial charge in [0.1, 0.15) is 5.82 Å². The fraction of sp³-hybridized carbons (Fsp3) is 0.188. The van der Waals surface area contributed by atoms with Crippen molar-refractivity contribution in [1.29, 1.82) is 0 Å².